The summed E-state index contributed by atoms with van der Waals surface area (Å²) < 4.78 is 39.5. The van der Waals surface area contributed by atoms with E-state index in [9.17, 15) is 17.6 Å². The van der Waals surface area contributed by atoms with Crippen molar-refractivity contribution in [3.63, 3.8) is 0 Å². The van der Waals surface area contributed by atoms with Gasteiger partial charge in [0.2, 0.25) is 15.9 Å². The molecule has 1 atom stereocenters. The Morgan fingerprint density at radius 1 is 1.10 bits per heavy atom. The maximum absolute atomic E-state index is 13.0. The monoisotopic (exact) mass is 416 g/mol. The molecule has 0 radical (unpaired) electrons. The van der Waals surface area contributed by atoms with Crippen LogP contribution < -0.4 is 5.32 Å². The van der Waals surface area contributed by atoms with Crippen LogP contribution in [0.2, 0.25) is 0 Å². The van der Waals surface area contributed by atoms with E-state index in [1.807, 2.05) is 37.3 Å². The lowest BCUT2D eigenvalue weighted by Crippen LogP contribution is -2.42. The van der Waals surface area contributed by atoms with Gasteiger partial charge in [-0.05, 0) is 49.1 Å². The summed E-state index contributed by atoms with van der Waals surface area (Å²) in [5.41, 5.74) is 1.64. The molecule has 1 saturated heterocycles. The van der Waals surface area contributed by atoms with Crippen molar-refractivity contribution in [3.05, 3.63) is 76.9 Å². The second-order valence-electron chi connectivity index (χ2n) is 7.21. The van der Waals surface area contributed by atoms with Crippen molar-refractivity contribution >= 4 is 22.0 Å². The number of nitrogens with zero attached hydrogens (tertiary/aromatic N) is 1. The van der Waals surface area contributed by atoms with Gasteiger partial charge in [-0.2, -0.15) is 4.31 Å². The summed E-state index contributed by atoms with van der Waals surface area (Å²) in [5, 5.41) is 4.16. The van der Waals surface area contributed by atoms with Gasteiger partial charge in [-0.15, -0.1) is 0 Å². The average Bonchev–Trinajstić information content (AvgIpc) is 2.73. The molecule has 1 aliphatic heterocycles. The van der Waals surface area contributed by atoms with Crippen LogP contribution in [0.25, 0.3) is 6.08 Å². The van der Waals surface area contributed by atoms with Crippen molar-refractivity contribution in [3.8, 4) is 0 Å². The highest BCUT2D eigenvalue weighted by Crippen LogP contribution is 2.22. The van der Waals surface area contributed by atoms with Crippen molar-refractivity contribution in [2.75, 3.05) is 13.1 Å². The Kier molecular flexibility index (Phi) is 6.82. The molecule has 154 valence electrons. The second kappa shape index (κ2) is 9.33. The molecule has 0 aliphatic carbocycles. The summed E-state index contributed by atoms with van der Waals surface area (Å²) in [7, 11) is -3.52. The Hall–Kier alpha value is -2.51. The lowest BCUT2D eigenvalue weighted by molar-refractivity contribution is -0.126. The first-order valence-corrected chi connectivity index (χ1v) is 11.1. The van der Waals surface area contributed by atoms with Crippen molar-refractivity contribution in [2.24, 2.45) is 5.92 Å². The number of amides is 1. The average molecular weight is 417 g/mol. The Labute approximate surface area is 171 Å². The predicted octanol–water partition coefficient (Wildman–Crippen LogP) is 3.72. The van der Waals surface area contributed by atoms with Crippen LogP contribution in [0.5, 0.6) is 0 Å². The van der Waals surface area contributed by atoms with Gasteiger partial charge in [-0.1, -0.05) is 42.5 Å². The highest BCUT2D eigenvalue weighted by Gasteiger charge is 2.30. The number of carbonyl (C=O) groups excluding carboxylic acids is 1. The van der Waals surface area contributed by atoms with Gasteiger partial charge >= 0.3 is 0 Å². The normalized spacial score (nSPS) is 17.3. The fourth-order valence-corrected chi connectivity index (χ4v) is 4.57. The molecule has 1 heterocycles. The first-order valence-electron chi connectivity index (χ1n) is 9.64. The van der Waals surface area contributed by atoms with Gasteiger partial charge in [0.1, 0.15) is 5.82 Å². The SMILES string of the molecule is C[C@@H](NC(=O)C1CCN(S(=O)(=O)/C=C/c2ccccc2)CC1)c1ccc(F)cc1. The van der Waals surface area contributed by atoms with Crippen LogP contribution in [0.15, 0.2) is 60.0 Å². The van der Waals surface area contributed by atoms with E-state index in [1.165, 1.54) is 21.8 Å². The van der Waals surface area contributed by atoms with Gasteiger partial charge < -0.3 is 5.32 Å². The fourth-order valence-electron chi connectivity index (χ4n) is 3.35. The highest BCUT2D eigenvalue weighted by molar-refractivity contribution is 7.92. The Morgan fingerprint density at radius 2 is 1.72 bits per heavy atom. The topological polar surface area (TPSA) is 66.5 Å². The molecular weight excluding hydrogens is 391 g/mol. The van der Waals surface area contributed by atoms with Gasteiger partial charge in [0.25, 0.3) is 0 Å². The lowest BCUT2D eigenvalue weighted by Gasteiger charge is -2.30. The van der Waals surface area contributed by atoms with Gasteiger partial charge in [-0.3, -0.25) is 4.79 Å². The van der Waals surface area contributed by atoms with Gasteiger partial charge in [0, 0.05) is 24.4 Å². The van der Waals surface area contributed by atoms with E-state index < -0.39 is 10.0 Å². The number of hydrogen-bond acceptors (Lipinski definition) is 3. The van der Waals surface area contributed by atoms with Gasteiger partial charge in [-0.25, -0.2) is 12.8 Å². The van der Waals surface area contributed by atoms with Crippen LogP contribution in [0.1, 0.15) is 36.9 Å². The van der Waals surface area contributed by atoms with Crippen LogP contribution >= 0.6 is 0 Å². The zero-order valence-corrected chi connectivity index (χ0v) is 17.1. The smallest absolute Gasteiger partial charge is 0.236 e. The minimum Gasteiger partial charge on any atom is -0.349 e. The van der Waals surface area contributed by atoms with E-state index in [0.717, 1.165) is 11.1 Å². The molecule has 1 amide bonds. The number of carbonyl (C=O) groups is 1. The molecular formula is C22H25FN2O3S. The summed E-state index contributed by atoms with van der Waals surface area (Å²) in [5.74, 6) is -0.650. The van der Waals surface area contributed by atoms with E-state index >= 15 is 0 Å². The maximum atomic E-state index is 13.0. The second-order valence-corrected chi connectivity index (χ2v) is 9.03. The summed E-state index contributed by atoms with van der Waals surface area (Å²) in [4.78, 5) is 12.5. The third-order valence-electron chi connectivity index (χ3n) is 5.15. The van der Waals surface area contributed by atoms with E-state index in [0.29, 0.717) is 25.9 Å². The molecule has 3 rings (SSSR count). The summed E-state index contributed by atoms with van der Waals surface area (Å²) in [6.45, 7) is 2.47. The molecule has 0 aromatic heterocycles. The molecule has 0 unspecified atom stereocenters. The lowest BCUT2D eigenvalue weighted by atomic mass is 9.96. The fraction of sp³-hybridized carbons (Fsp3) is 0.318. The van der Waals surface area contributed by atoms with Crippen LogP contribution in [-0.4, -0.2) is 31.7 Å². The third kappa shape index (κ3) is 5.74. The molecule has 2 aromatic rings. The third-order valence-corrected chi connectivity index (χ3v) is 6.71. The zero-order valence-electron chi connectivity index (χ0n) is 16.3. The maximum Gasteiger partial charge on any atom is 0.236 e. The number of piperidine rings is 1. The number of nitrogens with one attached hydrogen (secondary N) is 1. The molecule has 1 fully saturated rings. The summed E-state index contributed by atoms with van der Waals surface area (Å²) in [6.07, 6.45) is 2.53. The van der Waals surface area contributed by atoms with Crippen molar-refractivity contribution in [1.82, 2.24) is 9.62 Å². The molecule has 7 heteroatoms. The first kappa shape index (κ1) is 21.2. The number of rotatable bonds is 6. The first-order chi connectivity index (χ1) is 13.8. The number of sulfonamides is 1. The molecule has 0 bridgehead atoms. The van der Waals surface area contributed by atoms with Crippen molar-refractivity contribution < 1.29 is 17.6 Å². The standard InChI is InChI=1S/C22H25FN2O3S/c1-17(19-7-9-21(23)10-8-19)24-22(26)20-11-14-25(15-12-20)29(27,28)16-13-18-5-3-2-4-6-18/h2-10,13,16-17,20H,11-12,14-15H2,1H3,(H,24,26)/b16-13+/t17-/m1/s1. The summed E-state index contributed by atoms with van der Waals surface area (Å²) in [6, 6.07) is 15.0. The van der Waals surface area contributed by atoms with E-state index in [1.54, 1.807) is 18.2 Å². The number of halogens is 1. The zero-order chi connectivity index (χ0) is 20.9. The van der Waals surface area contributed by atoms with Crippen LogP contribution in [0.4, 0.5) is 4.39 Å². The molecule has 0 spiro atoms. The molecule has 1 N–H and O–H groups in total. The van der Waals surface area contributed by atoms with Crippen LogP contribution in [0.3, 0.4) is 0 Å². The predicted molar refractivity (Wildman–Crippen MR) is 112 cm³/mol. The molecule has 29 heavy (non-hydrogen) atoms. The van der Waals surface area contributed by atoms with E-state index in [4.69, 9.17) is 0 Å². The molecule has 2 aromatic carbocycles. The molecule has 0 saturated carbocycles. The van der Waals surface area contributed by atoms with Crippen LogP contribution in [-0.2, 0) is 14.8 Å². The molecule has 5 nitrogen and oxygen atoms in total. The Morgan fingerprint density at radius 3 is 2.34 bits per heavy atom. The minimum atomic E-state index is -3.52. The minimum absolute atomic E-state index is 0.0984. The van der Waals surface area contributed by atoms with E-state index in [-0.39, 0.29) is 23.7 Å². The quantitative estimate of drug-likeness (QED) is 0.781. The van der Waals surface area contributed by atoms with Gasteiger partial charge in [0.05, 0.1) is 6.04 Å². The van der Waals surface area contributed by atoms with Crippen LogP contribution in [0, 0.1) is 11.7 Å². The van der Waals surface area contributed by atoms with Crippen molar-refractivity contribution in [1.29, 1.82) is 0 Å². The highest BCUT2D eigenvalue weighted by atomic mass is 32.2. The Bertz CT molecular complexity index is 951. The number of hydrogen-bond donors (Lipinski definition) is 1. The largest absolute Gasteiger partial charge is 0.349 e. The number of benzene rings is 2. The van der Waals surface area contributed by atoms with E-state index in [2.05, 4.69) is 5.32 Å². The van der Waals surface area contributed by atoms with Crippen molar-refractivity contribution in [2.45, 2.75) is 25.8 Å². The molecule has 1 aliphatic rings. The summed E-state index contributed by atoms with van der Waals surface area (Å²) >= 11 is 0. The Balaban J connectivity index is 1.53. The van der Waals surface area contributed by atoms with Gasteiger partial charge in [0.15, 0.2) is 0 Å².